The second-order valence-corrected chi connectivity index (χ2v) is 5.78. The van der Waals surface area contributed by atoms with Crippen LogP contribution in [0.1, 0.15) is 30.1 Å². The quantitative estimate of drug-likeness (QED) is 0.619. The zero-order chi connectivity index (χ0) is 14.0. The molecule has 0 saturated carbocycles. The van der Waals surface area contributed by atoms with Gasteiger partial charge in [-0.3, -0.25) is 14.9 Å². The van der Waals surface area contributed by atoms with Gasteiger partial charge in [0.25, 0.3) is 11.6 Å². The number of likely N-dealkylation sites (tertiary alicyclic amines) is 1. The molecule has 0 aromatic heterocycles. The molecule has 0 radical (unpaired) electrons. The van der Waals surface area contributed by atoms with Crippen LogP contribution in [0, 0.1) is 16.0 Å². The molecular formula is C13H15BrN2O3. The summed E-state index contributed by atoms with van der Waals surface area (Å²) in [5, 5.41) is 10.9. The molecular weight excluding hydrogens is 312 g/mol. The first-order valence-electron chi connectivity index (χ1n) is 6.22. The third kappa shape index (κ3) is 3.12. The van der Waals surface area contributed by atoms with Crippen molar-refractivity contribution in [3.8, 4) is 0 Å². The topological polar surface area (TPSA) is 63.5 Å². The Morgan fingerprint density at radius 1 is 1.53 bits per heavy atom. The van der Waals surface area contributed by atoms with Crippen molar-refractivity contribution in [2.75, 3.05) is 13.1 Å². The average molecular weight is 327 g/mol. The Morgan fingerprint density at radius 3 is 2.89 bits per heavy atom. The third-order valence-electron chi connectivity index (χ3n) is 3.33. The molecule has 102 valence electrons. The van der Waals surface area contributed by atoms with E-state index in [1.807, 2.05) is 0 Å². The molecule has 0 aliphatic carbocycles. The Balaban J connectivity index is 2.24. The monoisotopic (exact) mass is 326 g/mol. The summed E-state index contributed by atoms with van der Waals surface area (Å²) in [7, 11) is 0. The fourth-order valence-corrected chi connectivity index (χ4v) is 2.73. The molecule has 1 atom stereocenters. The SMILES string of the molecule is CC1CCCN(C(=O)c2ccc(Br)c([N+](=O)[O-])c2)C1. The highest BCUT2D eigenvalue weighted by molar-refractivity contribution is 9.10. The zero-order valence-electron chi connectivity index (χ0n) is 10.6. The van der Waals surface area contributed by atoms with Crippen LogP contribution in [0.5, 0.6) is 0 Å². The van der Waals surface area contributed by atoms with Gasteiger partial charge in [0, 0.05) is 24.7 Å². The number of carbonyl (C=O) groups is 1. The van der Waals surface area contributed by atoms with Crippen molar-refractivity contribution >= 4 is 27.5 Å². The summed E-state index contributed by atoms with van der Waals surface area (Å²) in [6.07, 6.45) is 2.12. The van der Waals surface area contributed by atoms with Crippen molar-refractivity contribution in [3.63, 3.8) is 0 Å². The van der Waals surface area contributed by atoms with Gasteiger partial charge >= 0.3 is 0 Å². The van der Waals surface area contributed by atoms with Gasteiger partial charge in [0.15, 0.2) is 0 Å². The van der Waals surface area contributed by atoms with E-state index >= 15 is 0 Å². The Kier molecular flexibility index (Phi) is 4.19. The minimum atomic E-state index is -0.486. The van der Waals surface area contributed by atoms with Crippen LogP contribution in [0.25, 0.3) is 0 Å². The number of rotatable bonds is 2. The normalized spacial score (nSPS) is 19.3. The maximum absolute atomic E-state index is 12.3. The number of piperidine rings is 1. The van der Waals surface area contributed by atoms with E-state index in [2.05, 4.69) is 22.9 Å². The number of benzene rings is 1. The zero-order valence-corrected chi connectivity index (χ0v) is 12.2. The lowest BCUT2D eigenvalue weighted by atomic mass is 9.99. The molecule has 1 aliphatic heterocycles. The number of hydrogen-bond acceptors (Lipinski definition) is 3. The molecule has 1 heterocycles. The summed E-state index contributed by atoms with van der Waals surface area (Å²) in [4.78, 5) is 24.5. The van der Waals surface area contributed by atoms with E-state index in [1.54, 1.807) is 17.0 Å². The summed E-state index contributed by atoms with van der Waals surface area (Å²) >= 11 is 3.12. The van der Waals surface area contributed by atoms with E-state index in [-0.39, 0.29) is 11.6 Å². The van der Waals surface area contributed by atoms with Crippen molar-refractivity contribution in [2.24, 2.45) is 5.92 Å². The van der Waals surface area contributed by atoms with E-state index in [1.165, 1.54) is 6.07 Å². The van der Waals surface area contributed by atoms with Gasteiger partial charge in [-0.15, -0.1) is 0 Å². The van der Waals surface area contributed by atoms with Crippen molar-refractivity contribution in [2.45, 2.75) is 19.8 Å². The largest absolute Gasteiger partial charge is 0.338 e. The fraction of sp³-hybridized carbons (Fsp3) is 0.462. The molecule has 6 heteroatoms. The standard InChI is InChI=1S/C13H15BrN2O3/c1-9-3-2-6-15(8-9)13(17)10-4-5-11(14)12(7-10)16(18)19/h4-5,7,9H,2-3,6,8H2,1H3. The van der Waals surface area contributed by atoms with Gasteiger partial charge in [0.05, 0.1) is 9.40 Å². The number of hydrogen-bond donors (Lipinski definition) is 0. The molecule has 1 aliphatic rings. The molecule has 1 unspecified atom stereocenters. The lowest BCUT2D eigenvalue weighted by molar-refractivity contribution is -0.385. The van der Waals surface area contributed by atoms with E-state index in [0.717, 1.165) is 25.9 Å². The second-order valence-electron chi connectivity index (χ2n) is 4.92. The summed E-state index contributed by atoms with van der Waals surface area (Å²) < 4.78 is 0.390. The van der Waals surface area contributed by atoms with E-state index in [0.29, 0.717) is 16.0 Å². The van der Waals surface area contributed by atoms with Crippen molar-refractivity contribution in [1.82, 2.24) is 4.90 Å². The Labute approximate surface area is 119 Å². The number of nitro benzene ring substituents is 1. The van der Waals surface area contributed by atoms with Crippen molar-refractivity contribution < 1.29 is 9.72 Å². The van der Waals surface area contributed by atoms with E-state index < -0.39 is 4.92 Å². The number of nitrogens with zero attached hydrogens (tertiary/aromatic N) is 2. The molecule has 0 bridgehead atoms. The van der Waals surface area contributed by atoms with E-state index in [4.69, 9.17) is 0 Å². The maximum atomic E-state index is 12.3. The average Bonchev–Trinajstić information content (AvgIpc) is 2.38. The Hall–Kier alpha value is -1.43. The summed E-state index contributed by atoms with van der Waals surface area (Å²) in [6.45, 7) is 3.57. The highest BCUT2D eigenvalue weighted by atomic mass is 79.9. The Bertz CT molecular complexity index is 519. The molecule has 1 saturated heterocycles. The van der Waals surface area contributed by atoms with Crippen LogP contribution in [0.3, 0.4) is 0 Å². The second kappa shape index (κ2) is 5.69. The predicted octanol–water partition coefficient (Wildman–Crippen LogP) is 3.23. The number of amides is 1. The summed E-state index contributed by atoms with van der Waals surface area (Å²) in [5.41, 5.74) is 0.305. The first-order chi connectivity index (χ1) is 8.99. The summed E-state index contributed by atoms with van der Waals surface area (Å²) in [6, 6.07) is 4.52. The molecule has 1 fully saturated rings. The van der Waals surface area contributed by atoms with Gasteiger partial charge in [-0.1, -0.05) is 6.92 Å². The van der Waals surface area contributed by atoms with Gasteiger partial charge in [0.2, 0.25) is 0 Å². The molecule has 2 rings (SSSR count). The molecule has 19 heavy (non-hydrogen) atoms. The number of halogens is 1. The molecule has 1 aromatic carbocycles. The molecule has 1 amide bonds. The van der Waals surface area contributed by atoms with Crippen LogP contribution in [0.2, 0.25) is 0 Å². The van der Waals surface area contributed by atoms with Gasteiger partial charge in [-0.05, 0) is 46.8 Å². The van der Waals surface area contributed by atoms with Crippen molar-refractivity contribution in [3.05, 3.63) is 38.3 Å². The number of carbonyl (C=O) groups excluding carboxylic acids is 1. The molecule has 0 spiro atoms. The first-order valence-corrected chi connectivity index (χ1v) is 7.01. The first kappa shape index (κ1) is 14.0. The van der Waals surface area contributed by atoms with Gasteiger partial charge in [-0.25, -0.2) is 0 Å². The maximum Gasteiger partial charge on any atom is 0.284 e. The van der Waals surface area contributed by atoms with Crippen LogP contribution < -0.4 is 0 Å². The highest BCUT2D eigenvalue weighted by Crippen LogP contribution is 2.27. The highest BCUT2D eigenvalue weighted by Gasteiger charge is 2.24. The third-order valence-corrected chi connectivity index (χ3v) is 4.00. The molecule has 1 aromatic rings. The van der Waals surface area contributed by atoms with Crippen LogP contribution in [-0.2, 0) is 0 Å². The Morgan fingerprint density at radius 2 is 2.26 bits per heavy atom. The van der Waals surface area contributed by atoms with E-state index in [9.17, 15) is 14.9 Å². The lowest BCUT2D eigenvalue weighted by Crippen LogP contribution is -2.39. The summed E-state index contributed by atoms with van der Waals surface area (Å²) in [5.74, 6) is 0.366. The minimum absolute atomic E-state index is 0.0732. The van der Waals surface area contributed by atoms with Crippen LogP contribution in [0.4, 0.5) is 5.69 Å². The fourth-order valence-electron chi connectivity index (χ4n) is 2.34. The van der Waals surface area contributed by atoms with Gasteiger partial charge in [0.1, 0.15) is 0 Å². The van der Waals surface area contributed by atoms with Crippen LogP contribution in [-0.4, -0.2) is 28.8 Å². The number of nitro groups is 1. The minimum Gasteiger partial charge on any atom is -0.338 e. The van der Waals surface area contributed by atoms with Crippen LogP contribution >= 0.6 is 15.9 Å². The molecule has 0 N–H and O–H groups in total. The van der Waals surface area contributed by atoms with Crippen molar-refractivity contribution in [1.29, 1.82) is 0 Å². The predicted molar refractivity (Wildman–Crippen MR) is 75.1 cm³/mol. The lowest BCUT2D eigenvalue weighted by Gasteiger charge is -2.31. The van der Waals surface area contributed by atoms with Gasteiger partial charge < -0.3 is 4.90 Å². The smallest absolute Gasteiger partial charge is 0.284 e. The van der Waals surface area contributed by atoms with Gasteiger partial charge in [-0.2, -0.15) is 0 Å². The molecule has 5 nitrogen and oxygen atoms in total. The van der Waals surface area contributed by atoms with Crippen LogP contribution in [0.15, 0.2) is 22.7 Å².